The molecule has 0 aromatic heterocycles. The van der Waals surface area contributed by atoms with E-state index in [0.29, 0.717) is 13.0 Å². The Morgan fingerprint density at radius 3 is 1.29 bits per heavy atom. The molecule has 1 fully saturated rings. The van der Waals surface area contributed by atoms with Crippen LogP contribution < -0.4 is 0 Å². The van der Waals surface area contributed by atoms with E-state index in [1.165, 1.54) is 199 Å². The molecule has 372 valence electrons. The molecule has 63 heavy (non-hydrogen) atoms. The van der Waals surface area contributed by atoms with E-state index >= 15 is 0 Å². The summed E-state index contributed by atoms with van der Waals surface area (Å²) in [5.41, 5.74) is 0. The van der Waals surface area contributed by atoms with Crippen molar-refractivity contribution in [1.82, 2.24) is 0 Å². The molecule has 6 atom stereocenters. The monoisotopic (exact) mass is 895 g/mol. The van der Waals surface area contributed by atoms with Gasteiger partial charge in [-0.2, -0.15) is 0 Å². The van der Waals surface area contributed by atoms with Gasteiger partial charge in [-0.05, 0) is 64.2 Å². The van der Waals surface area contributed by atoms with Crippen LogP contribution >= 0.6 is 0 Å². The van der Waals surface area contributed by atoms with Crippen molar-refractivity contribution in [2.45, 2.75) is 288 Å². The predicted molar refractivity (Wildman–Crippen MR) is 261 cm³/mol. The summed E-state index contributed by atoms with van der Waals surface area (Å²) in [6, 6.07) is 0. The normalized spacial score (nSPS) is 19.7. The van der Waals surface area contributed by atoms with Gasteiger partial charge in [0.05, 0.1) is 19.8 Å². The third-order valence-electron chi connectivity index (χ3n) is 12.6. The SMILES string of the molecule is CCCCCCCCC/C=C\CCCCCCCCCCOCC(COC1OC(CO)C(O)C(O)C1O)OC(=O)CCCCCCCCCCC/C=C\CCCCCCCCCC. The second kappa shape index (κ2) is 45.8. The lowest BCUT2D eigenvalue weighted by Crippen LogP contribution is -2.59. The van der Waals surface area contributed by atoms with Gasteiger partial charge in [0.25, 0.3) is 0 Å². The lowest BCUT2D eigenvalue weighted by atomic mass is 9.99. The Morgan fingerprint density at radius 2 is 0.873 bits per heavy atom. The van der Waals surface area contributed by atoms with Gasteiger partial charge in [0.2, 0.25) is 0 Å². The summed E-state index contributed by atoms with van der Waals surface area (Å²) < 4.78 is 22.9. The number of aliphatic hydroxyl groups excluding tert-OH is 4. The van der Waals surface area contributed by atoms with Gasteiger partial charge in [-0.3, -0.25) is 4.79 Å². The quantitative estimate of drug-likeness (QED) is 0.0267. The smallest absolute Gasteiger partial charge is 0.306 e. The molecule has 1 saturated heterocycles. The van der Waals surface area contributed by atoms with Gasteiger partial charge in [-0.15, -0.1) is 0 Å². The number of aliphatic hydroxyl groups is 4. The van der Waals surface area contributed by atoms with E-state index in [1.54, 1.807) is 0 Å². The fourth-order valence-electron chi connectivity index (χ4n) is 8.37. The van der Waals surface area contributed by atoms with E-state index in [1.807, 2.05) is 0 Å². The molecule has 1 aliphatic heterocycles. The number of hydrogen-bond donors (Lipinski definition) is 4. The maximum atomic E-state index is 12.9. The van der Waals surface area contributed by atoms with E-state index in [9.17, 15) is 25.2 Å². The third kappa shape index (κ3) is 36.5. The Kier molecular flexibility index (Phi) is 43.4. The summed E-state index contributed by atoms with van der Waals surface area (Å²) >= 11 is 0. The Hall–Kier alpha value is -1.33. The highest BCUT2D eigenvalue weighted by Gasteiger charge is 2.44. The molecule has 0 amide bonds. The van der Waals surface area contributed by atoms with E-state index in [4.69, 9.17) is 18.9 Å². The molecule has 0 bridgehead atoms. The molecular formula is C54H102O9. The van der Waals surface area contributed by atoms with Crippen LogP contribution in [0.25, 0.3) is 0 Å². The molecule has 1 aliphatic rings. The predicted octanol–water partition coefficient (Wildman–Crippen LogP) is 13.3. The first kappa shape index (κ1) is 59.7. The van der Waals surface area contributed by atoms with Crippen LogP contribution in [0.2, 0.25) is 0 Å². The summed E-state index contributed by atoms with van der Waals surface area (Å²) in [5.74, 6) is -0.313. The van der Waals surface area contributed by atoms with Gasteiger partial charge < -0.3 is 39.4 Å². The molecule has 0 aromatic rings. The molecule has 9 nitrogen and oxygen atoms in total. The molecular weight excluding hydrogens is 793 g/mol. The highest BCUT2D eigenvalue weighted by Crippen LogP contribution is 2.23. The van der Waals surface area contributed by atoms with Crippen molar-refractivity contribution in [3.05, 3.63) is 24.3 Å². The van der Waals surface area contributed by atoms with Crippen LogP contribution in [-0.4, -0.2) is 89.6 Å². The lowest BCUT2D eigenvalue weighted by molar-refractivity contribution is -0.305. The first-order valence-corrected chi connectivity index (χ1v) is 26.9. The van der Waals surface area contributed by atoms with Crippen molar-refractivity contribution in [3.63, 3.8) is 0 Å². The highest BCUT2D eigenvalue weighted by molar-refractivity contribution is 5.69. The minimum absolute atomic E-state index is 0.112. The second-order valence-corrected chi connectivity index (χ2v) is 18.7. The van der Waals surface area contributed by atoms with Gasteiger partial charge in [-0.1, -0.05) is 205 Å². The van der Waals surface area contributed by atoms with Gasteiger partial charge in [0.15, 0.2) is 6.29 Å². The molecule has 1 heterocycles. The van der Waals surface area contributed by atoms with Gasteiger partial charge in [0, 0.05) is 13.0 Å². The zero-order chi connectivity index (χ0) is 45.7. The van der Waals surface area contributed by atoms with E-state index in [2.05, 4.69) is 38.2 Å². The number of carbonyl (C=O) groups is 1. The van der Waals surface area contributed by atoms with Crippen LogP contribution in [0, 0.1) is 0 Å². The number of unbranched alkanes of at least 4 members (excludes halogenated alkanes) is 32. The summed E-state index contributed by atoms with van der Waals surface area (Å²) in [5, 5.41) is 40.3. The average Bonchev–Trinajstić information content (AvgIpc) is 3.28. The van der Waals surface area contributed by atoms with E-state index in [-0.39, 0.29) is 19.2 Å². The van der Waals surface area contributed by atoms with Gasteiger partial charge in [0.1, 0.15) is 30.5 Å². The molecule has 0 spiro atoms. The van der Waals surface area contributed by atoms with Crippen molar-refractivity contribution < 1.29 is 44.2 Å². The maximum absolute atomic E-state index is 12.9. The van der Waals surface area contributed by atoms with Gasteiger partial charge >= 0.3 is 5.97 Å². The average molecular weight is 895 g/mol. The molecule has 0 saturated carbocycles. The van der Waals surface area contributed by atoms with Crippen molar-refractivity contribution in [3.8, 4) is 0 Å². The summed E-state index contributed by atoms with van der Waals surface area (Å²) in [4.78, 5) is 12.9. The van der Waals surface area contributed by atoms with Crippen LogP contribution in [-0.2, 0) is 23.7 Å². The van der Waals surface area contributed by atoms with Crippen LogP contribution in [0.5, 0.6) is 0 Å². The summed E-state index contributed by atoms with van der Waals surface area (Å²) in [6.07, 6.45) is 47.8. The standard InChI is InChI=1S/C54H102O9/c1-3-5-7-9-11-13-15-17-19-21-23-24-25-27-29-31-33-35-37-39-41-43-50(56)62-48(47-61-54-53(59)52(58)51(57)49(45-55)63-54)46-60-44-42-40-38-36-34-32-30-28-26-22-20-18-16-14-12-10-8-6-4-2/h20-23,48-49,51-55,57-59H,3-19,24-47H2,1-2H3/b22-20-,23-21-. The Balaban J connectivity index is 2.18. The number of allylic oxidation sites excluding steroid dienone is 4. The summed E-state index contributed by atoms with van der Waals surface area (Å²) in [6.45, 7) is 4.59. The molecule has 0 radical (unpaired) electrons. The molecule has 1 rings (SSSR count). The van der Waals surface area contributed by atoms with Crippen molar-refractivity contribution in [1.29, 1.82) is 0 Å². The van der Waals surface area contributed by atoms with Crippen molar-refractivity contribution in [2.75, 3.05) is 26.4 Å². The van der Waals surface area contributed by atoms with Gasteiger partial charge in [-0.25, -0.2) is 0 Å². The Bertz CT molecular complexity index is 1020. The number of carbonyl (C=O) groups excluding carboxylic acids is 1. The van der Waals surface area contributed by atoms with Crippen LogP contribution in [0.4, 0.5) is 0 Å². The maximum Gasteiger partial charge on any atom is 0.306 e. The number of rotatable bonds is 47. The molecule has 0 aromatic carbocycles. The largest absolute Gasteiger partial charge is 0.457 e. The first-order valence-electron chi connectivity index (χ1n) is 26.9. The topological polar surface area (TPSA) is 135 Å². The third-order valence-corrected chi connectivity index (χ3v) is 12.6. The number of esters is 1. The van der Waals surface area contributed by atoms with Crippen LogP contribution in [0.3, 0.4) is 0 Å². The summed E-state index contributed by atoms with van der Waals surface area (Å²) in [7, 11) is 0. The zero-order valence-electron chi connectivity index (χ0n) is 41.1. The number of ether oxygens (including phenoxy) is 4. The Labute approximate surface area is 387 Å². The second-order valence-electron chi connectivity index (χ2n) is 18.7. The number of hydrogen-bond acceptors (Lipinski definition) is 9. The molecule has 9 heteroatoms. The van der Waals surface area contributed by atoms with Crippen LogP contribution in [0.1, 0.15) is 251 Å². The molecule has 0 aliphatic carbocycles. The molecule has 6 unspecified atom stereocenters. The zero-order valence-corrected chi connectivity index (χ0v) is 41.1. The molecule has 4 N–H and O–H groups in total. The minimum atomic E-state index is -1.54. The van der Waals surface area contributed by atoms with E-state index in [0.717, 1.165) is 32.1 Å². The van der Waals surface area contributed by atoms with E-state index < -0.39 is 43.4 Å². The lowest BCUT2D eigenvalue weighted by Gasteiger charge is -2.39. The van der Waals surface area contributed by atoms with Crippen molar-refractivity contribution >= 4 is 5.97 Å². The minimum Gasteiger partial charge on any atom is -0.457 e. The Morgan fingerprint density at radius 1 is 0.492 bits per heavy atom. The van der Waals surface area contributed by atoms with Crippen LogP contribution in [0.15, 0.2) is 24.3 Å². The van der Waals surface area contributed by atoms with Crippen molar-refractivity contribution in [2.24, 2.45) is 0 Å². The highest BCUT2D eigenvalue weighted by atomic mass is 16.7. The first-order chi connectivity index (χ1) is 30.9. The fourth-order valence-corrected chi connectivity index (χ4v) is 8.37. The fraction of sp³-hybridized carbons (Fsp3) is 0.907.